The normalized spacial score (nSPS) is 28.7. The van der Waals surface area contributed by atoms with Crippen molar-refractivity contribution in [2.45, 2.75) is 38.1 Å². The molecule has 3 atom stereocenters. The quantitative estimate of drug-likeness (QED) is 0.847. The number of piperidine rings is 2. The number of carbonyl (C=O) groups excluding carboxylic acids is 1. The van der Waals surface area contributed by atoms with Crippen LogP contribution in [0.5, 0.6) is 0 Å². The molecule has 114 valence electrons. The summed E-state index contributed by atoms with van der Waals surface area (Å²) in [5, 5.41) is 0. The molecule has 1 unspecified atom stereocenters. The summed E-state index contributed by atoms with van der Waals surface area (Å²) < 4.78 is 6.51. The summed E-state index contributed by atoms with van der Waals surface area (Å²) in [6, 6.07) is 8.13. The Balaban J connectivity index is 1.57. The molecule has 0 saturated carbocycles. The predicted octanol–water partition coefficient (Wildman–Crippen LogP) is 2.45. The number of benzene rings is 1. The fraction of sp³-hybridized carbons (Fsp3) is 0.588. The molecule has 2 heterocycles. The van der Waals surface area contributed by atoms with Crippen LogP contribution in [-0.4, -0.2) is 31.7 Å². The van der Waals surface area contributed by atoms with Crippen molar-refractivity contribution in [3.8, 4) is 0 Å². The van der Waals surface area contributed by atoms with Gasteiger partial charge in [0, 0.05) is 10.4 Å². The van der Waals surface area contributed by atoms with Crippen molar-refractivity contribution in [2.75, 3.05) is 19.7 Å². The molecule has 2 fully saturated rings. The Bertz CT molecular complexity index is 503. The third-order valence-corrected chi connectivity index (χ3v) is 5.41. The highest BCUT2D eigenvalue weighted by Crippen LogP contribution is 2.21. The van der Waals surface area contributed by atoms with Gasteiger partial charge in [0.1, 0.15) is 6.61 Å². The molecule has 1 N–H and O–H groups in total. The summed E-state index contributed by atoms with van der Waals surface area (Å²) in [4.78, 5) is 13.9. The van der Waals surface area contributed by atoms with Gasteiger partial charge in [0.05, 0.1) is 24.7 Å². The fourth-order valence-corrected chi connectivity index (χ4v) is 4.26. The summed E-state index contributed by atoms with van der Waals surface area (Å²) in [6.45, 7) is 3.20. The zero-order valence-electron chi connectivity index (χ0n) is 12.3. The Labute approximate surface area is 134 Å². The molecule has 21 heavy (non-hydrogen) atoms. The molecule has 0 bridgehead atoms. The van der Waals surface area contributed by atoms with Gasteiger partial charge in [-0.05, 0) is 50.3 Å². The molecule has 0 spiro atoms. The van der Waals surface area contributed by atoms with Gasteiger partial charge >= 0.3 is 5.97 Å². The van der Waals surface area contributed by atoms with E-state index in [0.29, 0.717) is 24.1 Å². The predicted molar refractivity (Wildman–Crippen MR) is 85.5 cm³/mol. The third kappa shape index (κ3) is 3.67. The van der Waals surface area contributed by atoms with E-state index in [2.05, 4.69) is 15.9 Å². The molecule has 2 aliphatic rings. The monoisotopic (exact) mass is 352 g/mol. The first-order chi connectivity index (χ1) is 10.2. The van der Waals surface area contributed by atoms with E-state index >= 15 is 0 Å². The molecule has 0 aromatic heterocycles. The minimum absolute atomic E-state index is 0.195. The van der Waals surface area contributed by atoms with Gasteiger partial charge in [0.25, 0.3) is 0 Å². The molecular weight excluding hydrogens is 330 g/mol. The van der Waals surface area contributed by atoms with Gasteiger partial charge in [0.15, 0.2) is 0 Å². The van der Waals surface area contributed by atoms with Crippen molar-refractivity contribution < 1.29 is 14.4 Å². The summed E-state index contributed by atoms with van der Waals surface area (Å²) in [7, 11) is 0. The van der Waals surface area contributed by atoms with E-state index < -0.39 is 0 Å². The number of halogens is 1. The first-order valence-corrected chi connectivity index (χ1v) is 8.80. The van der Waals surface area contributed by atoms with Crippen LogP contribution in [0.4, 0.5) is 0 Å². The van der Waals surface area contributed by atoms with E-state index in [0.717, 1.165) is 4.47 Å². The van der Waals surface area contributed by atoms with E-state index in [1.165, 1.54) is 45.2 Å². The number of esters is 1. The third-order valence-electron chi connectivity index (χ3n) is 4.92. The number of hydrogen-bond donors (Lipinski definition) is 1. The lowest BCUT2D eigenvalue weighted by atomic mass is 9.84. The summed E-state index contributed by atoms with van der Waals surface area (Å²) in [5.41, 5.74) is 0.632. The van der Waals surface area contributed by atoms with Crippen LogP contribution < -0.4 is 4.90 Å². The minimum atomic E-state index is -0.195. The van der Waals surface area contributed by atoms with E-state index in [1.807, 2.05) is 24.3 Å². The average Bonchev–Trinajstić information content (AvgIpc) is 2.52. The number of hydrogen-bond acceptors (Lipinski definition) is 2. The zero-order valence-corrected chi connectivity index (χ0v) is 13.9. The van der Waals surface area contributed by atoms with Gasteiger partial charge in [-0.1, -0.05) is 22.0 Å². The molecule has 2 aliphatic heterocycles. The van der Waals surface area contributed by atoms with Gasteiger partial charge in [0.2, 0.25) is 0 Å². The van der Waals surface area contributed by atoms with Crippen LogP contribution >= 0.6 is 15.9 Å². The van der Waals surface area contributed by atoms with Crippen molar-refractivity contribution in [3.05, 3.63) is 34.3 Å². The minimum Gasteiger partial charge on any atom is -0.462 e. The molecule has 3 nitrogen and oxygen atoms in total. The van der Waals surface area contributed by atoms with Crippen LogP contribution in [0.1, 0.15) is 42.5 Å². The topological polar surface area (TPSA) is 30.7 Å². The molecule has 2 saturated heterocycles. The van der Waals surface area contributed by atoms with Gasteiger partial charge < -0.3 is 9.64 Å². The van der Waals surface area contributed by atoms with Gasteiger partial charge in [-0.15, -0.1) is 0 Å². The fourth-order valence-electron chi connectivity index (χ4n) is 3.86. The maximum atomic E-state index is 12.1. The van der Waals surface area contributed by atoms with Crippen molar-refractivity contribution in [2.24, 2.45) is 5.92 Å². The Hall–Kier alpha value is -0.870. The van der Waals surface area contributed by atoms with E-state index in [4.69, 9.17) is 4.74 Å². The summed E-state index contributed by atoms with van der Waals surface area (Å²) in [5.74, 6) is 0.351. The lowest BCUT2D eigenvalue weighted by molar-refractivity contribution is -0.940. The molecular formula is C17H23BrNO2+. The van der Waals surface area contributed by atoms with E-state index in [-0.39, 0.29) is 5.97 Å². The Morgan fingerprint density at radius 1 is 1.24 bits per heavy atom. The number of quaternary nitrogens is 1. The van der Waals surface area contributed by atoms with E-state index in [1.54, 1.807) is 4.90 Å². The lowest BCUT2D eigenvalue weighted by Gasteiger charge is -2.40. The number of carbonyl (C=O) groups is 1. The van der Waals surface area contributed by atoms with Crippen LogP contribution in [0.25, 0.3) is 0 Å². The lowest BCUT2D eigenvalue weighted by Crippen LogP contribution is -3.18. The number of ether oxygens (including phenoxy) is 1. The van der Waals surface area contributed by atoms with Crippen LogP contribution in [0.3, 0.4) is 0 Å². The summed E-state index contributed by atoms with van der Waals surface area (Å²) in [6.07, 6.45) is 6.47. The van der Waals surface area contributed by atoms with E-state index in [9.17, 15) is 4.79 Å². The van der Waals surface area contributed by atoms with Gasteiger partial charge in [-0.3, -0.25) is 0 Å². The van der Waals surface area contributed by atoms with Crippen molar-refractivity contribution >= 4 is 21.9 Å². The van der Waals surface area contributed by atoms with Gasteiger partial charge in [-0.2, -0.15) is 0 Å². The van der Waals surface area contributed by atoms with Crippen LogP contribution in [0.2, 0.25) is 0 Å². The van der Waals surface area contributed by atoms with Crippen molar-refractivity contribution in [1.29, 1.82) is 0 Å². The highest BCUT2D eigenvalue weighted by molar-refractivity contribution is 9.10. The van der Waals surface area contributed by atoms with Gasteiger partial charge in [-0.25, -0.2) is 4.79 Å². The molecule has 1 aromatic carbocycles. The maximum absolute atomic E-state index is 12.1. The Kier molecular flexibility index (Phi) is 4.96. The number of nitrogens with one attached hydrogen (secondary N) is 1. The SMILES string of the molecule is O=C(OC[C@@H]1CCC[NH+]2CCCC[C@H]12)c1cccc(Br)c1. The number of fused-ring (bicyclic) bond motifs is 1. The second-order valence-electron chi connectivity index (χ2n) is 6.27. The zero-order chi connectivity index (χ0) is 14.7. The molecule has 3 rings (SSSR count). The molecule has 1 aromatic rings. The molecule has 0 radical (unpaired) electrons. The Morgan fingerprint density at radius 3 is 2.95 bits per heavy atom. The average molecular weight is 353 g/mol. The van der Waals surface area contributed by atoms with Crippen molar-refractivity contribution in [3.63, 3.8) is 0 Å². The maximum Gasteiger partial charge on any atom is 0.338 e. The molecule has 4 heteroatoms. The second kappa shape index (κ2) is 6.93. The number of rotatable bonds is 3. The first kappa shape index (κ1) is 15.0. The summed E-state index contributed by atoms with van der Waals surface area (Å²) >= 11 is 3.39. The second-order valence-corrected chi connectivity index (χ2v) is 7.19. The molecule has 0 amide bonds. The smallest absolute Gasteiger partial charge is 0.338 e. The van der Waals surface area contributed by atoms with Crippen LogP contribution in [-0.2, 0) is 4.74 Å². The highest BCUT2D eigenvalue weighted by Gasteiger charge is 2.37. The van der Waals surface area contributed by atoms with Crippen LogP contribution in [0, 0.1) is 5.92 Å². The Morgan fingerprint density at radius 2 is 2.10 bits per heavy atom. The highest BCUT2D eigenvalue weighted by atomic mass is 79.9. The molecule has 0 aliphatic carbocycles. The van der Waals surface area contributed by atoms with Crippen molar-refractivity contribution in [1.82, 2.24) is 0 Å². The largest absolute Gasteiger partial charge is 0.462 e. The first-order valence-electron chi connectivity index (χ1n) is 8.01. The standard InChI is InChI=1S/C17H22BrNO2/c18-15-7-3-5-13(11-15)17(20)21-12-14-6-4-10-19-9-2-1-8-16(14)19/h3,5,7,11,14,16H,1-2,4,6,8-10,12H2/p+1/t14-,16+/m0/s1. The van der Waals surface area contributed by atoms with Crippen LogP contribution in [0.15, 0.2) is 28.7 Å².